The lowest BCUT2D eigenvalue weighted by atomic mass is 9.85. The van der Waals surface area contributed by atoms with E-state index in [1.54, 1.807) is 6.33 Å². The molecule has 4 rings (SSSR count). The summed E-state index contributed by atoms with van der Waals surface area (Å²) in [6.45, 7) is 2.77. The van der Waals surface area contributed by atoms with Gasteiger partial charge in [0.15, 0.2) is 17.0 Å². The van der Waals surface area contributed by atoms with Crippen LogP contribution in [0.25, 0.3) is 11.2 Å². The summed E-state index contributed by atoms with van der Waals surface area (Å²) in [5.41, 5.74) is 1.82. The summed E-state index contributed by atoms with van der Waals surface area (Å²) in [6.07, 6.45) is 10.2. The third-order valence-electron chi connectivity index (χ3n) is 4.92. The van der Waals surface area contributed by atoms with E-state index in [1.807, 2.05) is 6.33 Å². The van der Waals surface area contributed by atoms with Crippen molar-refractivity contribution in [3.8, 4) is 0 Å². The molecule has 0 spiro atoms. The van der Waals surface area contributed by atoms with Gasteiger partial charge in [0.1, 0.15) is 6.33 Å². The number of hydrogen-bond acceptors (Lipinski definition) is 5. The summed E-state index contributed by atoms with van der Waals surface area (Å²) in [6, 6.07) is 0. The molecule has 1 unspecified atom stereocenters. The average molecular weight is 301 g/mol. The Bertz CT molecular complexity index is 645. The number of rotatable bonds is 5. The number of aromatic nitrogens is 4. The maximum Gasteiger partial charge on any atom is 0.165 e. The molecule has 2 aromatic heterocycles. The van der Waals surface area contributed by atoms with Gasteiger partial charge in [0.25, 0.3) is 0 Å². The maximum atomic E-state index is 5.73. The molecular formula is C16H23N5O. The van der Waals surface area contributed by atoms with Crippen molar-refractivity contribution in [2.45, 2.75) is 44.8 Å². The zero-order valence-electron chi connectivity index (χ0n) is 13.1. The van der Waals surface area contributed by atoms with Crippen LogP contribution in [0.4, 0.5) is 5.82 Å². The molecule has 0 aromatic carbocycles. The number of anilines is 1. The Morgan fingerprint density at radius 1 is 1.23 bits per heavy atom. The van der Waals surface area contributed by atoms with Crippen molar-refractivity contribution in [3.05, 3.63) is 12.7 Å². The second-order valence-corrected chi connectivity index (χ2v) is 6.58. The van der Waals surface area contributed by atoms with Gasteiger partial charge in [0.05, 0.1) is 19.0 Å². The Labute approximate surface area is 130 Å². The predicted octanol–water partition coefficient (Wildman–Crippen LogP) is 2.24. The van der Waals surface area contributed by atoms with Gasteiger partial charge in [-0.25, -0.2) is 15.0 Å². The number of nitrogens with zero attached hydrogens (tertiary/aromatic N) is 5. The normalized spacial score (nSPS) is 22.1. The van der Waals surface area contributed by atoms with E-state index in [-0.39, 0.29) is 0 Å². The molecule has 6 heteroatoms. The predicted molar refractivity (Wildman–Crippen MR) is 84.9 cm³/mol. The molecule has 1 aliphatic carbocycles. The van der Waals surface area contributed by atoms with Crippen LogP contribution in [-0.2, 0) is 11.3 Å². The second kappa shape index (κ2) is 5.83. The molecule has 3 heterocycles. The van der Waals surface area contributed by atoms with Crippen molar-refractivity contribution in [1.82, 2.24) is 19.5 Å². The van der Waals surface area contributed by atoms with Gasteiger partial charge in [0.2, 0.25) is 0 Å². The summed E-state index contributed by atoms with van der Waals surface area (Å²) in [5.74, 6) is 1.76. The molecule has 1 atom stereocenters. The van der Waals surface area contributed by atoms with Gasteiger partial charge in [-0.3, -0.25) is 0 Å². The highest BCUT2D eigenvalue weighted by atomic mass is 16.5. The summed E-state index contributed by atoms with van der Waals surface area (Å²) in [4.78, 5) is 15.7. The quantitative estimate of drug-likeness (QED) is 0.847. The SMILES string of the molecule is CN(CC1CCC1)c1ncnc2c1ncn2CC1CCCO1. The molecule has 0 N–H and O–H groups in total. The van der Waals surface area contributed by atoms with Crippen LogP contribution in [0.2, 0.25) is 0 Å². The van der Waals surface area contributed by atoms with Crippen molar-refractivity contribution >= 4 is 17.0 Å². The molecule has 22 heavy (non-hydrogen) atoms. The lowest BCUT2D eigenvalue weighted by molar-refractivity contribution is 0.0978. The zero-order valence-corrected chi connectivity index (χ0v) is 13.1. The fourth-order valence-electron chi connectivity index (χ4n) is 3.44. The topological polar surface area (TPSA) is 56.1 Å². The lowest BCUT2D eigenvalue weighted by Crippen LogP contribution is -2.30. The van der Waals surface area contributed by atoms with E-state index in [9.17, 15) is 0 Å². The number of fused-ring (bicyclic) bond motifs is 1. The van der Waals surface area contributed by atoms with Crippen molar-refractivity contribution < 1.29 is 4.74 Å². The molecule has 2 fully saturated rings. The van der Waals surface area contributed by atoms with Crippen molar-refractivity contribution in [3.63, 3.8) is 0 Å². The Kier molecular flexibility index (Phi) is 3.70. The molecule has 118 valence electrons. The zero-order chi connectivity index (χ0) is 14.9. The van der Waals surface area contributed by atoms with Crippen LogP contribution in [0.3, 0.4) is 0 Å². The Hall–Kier alpha value is -1.69. The van der Waals surface area contributed by atoms with Gasteiger partial charge in [-0.15, -0.1) is 0 Å². The summed E-state index contributed by atoms with van der Waals surface area (Å²) >= 11 is 0. The first-order chi connectivity index (χ1) is 10.8. The van der Waals surface area contributed by atoms with E-state index < -0.39 is 0 Å². The minimum atomic E-state index is 0.295. The van der Waals surface area contributed by atoms with E-state index in [0.29, 0.717) is 6.10 Å². The number of ether oxygens (including phenoxy) is 1. The molecule has 1 saturated heterocycles. The van der Waals surface area contributed by atoms with Crippen molar-refractivity contribution in [2.75, 3.05) is 25.1 Å². The molecule has 1 saturated carbocycles. The van der Waals surface area contributed by atoms with Crippen LogP contribution >= 0.6 is 0 Å². The summed E-state index contributed by atoms with van der Waals surface area (Å²) in [5, 5.41) is 0. The highest BCUT2D eigenvalue weighted by molar-refractivity contribution is 5.83. The van der Waals surface area contributed by atoms with E-state index >= 15 is 0 Å². The monoisotopic (exact) mass is 301 g/mol. The van der Waals surface area contributed by atoms with Crippen LogP contribution in [0, 0.1) is 5.92 Å². The van der Waals surface area contributed by atoms with Gasteiger partial charge >= 0.3 is 0 Å². The Balaban J connectivity index is 1.58. The van der Waals surface area contributed by atoms with Crippen LogP contribution in [0.5, 0.6) is 0 Å². The lowest BCUT2D eigenvalue weighted by Gasteiger charge is -2.30. The first-order valence-corrected chi connectivity index (χ1v) is 8.30. The standard InChI is InChI=1S/C16H23N5O/c1-20(8-12-4-2-5-12)15-14-16(18-10-17-15)21(11-19-14)9-13-6-3-7-22-13/h10-13H,2-9H2,1H3. The number of hydrogen-bond donors (Lipinski definition) is 0. The highest BCUT2D eigenvalue weighted by Gasteiger charge is 2.22. The molecule has 0 bridgehead atoms. The van der Waals surface area contributed by atoms with Gasteiger partial charge in [-0.2, -0.15) is 0 Å². The van der Waals surface area contributed by atoms with Crippen molar-refractivity contribution in [2.24, 2.45) is 5.92 Å². The van der Waals surface area contributed by atoms with E-state index in [4.69, 9.17) is 4.74 Å². The summed E-state index contributed by atoms with van der Waals surface area (Å²) in [7, 11) is 2.11. The van der Waals surface area contributed by atoms with Crippen LogP contribution in [0.1, 0.15) is 32.1 Å². The summed E-state index contributed by atoms with van der Waals surface area (Å²) < 4.78 is 7.83. The van der Waals surface area contributed by atoms with Crippen LogP contribution in [0.15, 0.2) is 12.7 Å². The minimum Gasteiger partial charge on any atom is -0.376 e. The third-order valence-corrected chi connectivity index (χ3v) is 4.92. The van der Waals surface area contributed by atoms with Crippen LogP contribution in [-0.4, -0.2) is 45.8 Å². The fraction of sp³-hybridized carbons (Fsp3) is 0.688. The van der Waals surface area contributed by atoms with E-state index in [0.717, 1.165) is 55.4 Å². The molecular weight excluding hydrogens is 278 g/mol. The average Bonchev–Trinajstić information content (AvgIpc) is 3.13. The highest BCUT2D eigenvalue weighted by Crippen LogP contribution is 2.29. The first kappa shape index (κ1) is 13.9. The van der Waals surface area contributed by atoms with Crippen LogP contribution < -0.4 is 4.90 Å². The fourth-order valence-corrected chi connectivity index (χ4v) is 3.44. The van der Waals surface area contributed by atoms with Gasteiger partial charge in [-0.1, -0.05) is 6.42 Å². The van der Waals surface area contributed by atoms with E-state index in [1.165, 1.54) is 19.3 Å². The molecule has 2 aromatic rings. The Morgan fingerprint density at radius 2 is 2.14 bits per heavy atom. The van der Waals surface area contributed by atoms with Gasteiger partial charge in [0, 0.05) is 20.2 Å². The largest absolute Gasteiger partial charge is 0.376 e. The number of imidazole rings is 1. The second-order valence-electron chi connectivity index (χ2n) is 6.58. The van der Waals surface area contributed by atoms with E-state index in [2.05, 4.69) is 31.5 Å². The molecule has 0 amide bonds. The Morgan fingerprint density at radius 3 is 2.86 bits per heavy atom. The molecule has 2 aliphatic rings. The molecule has 6 nitrogen and oxygen atoms in total. The van der Waals surface area contributed by atoms with Gasteiger partial charge in [-0.05, 0) is 31.6 Å². The third kappa shape index (κ3) is 2.56. The molecule has 1 aliphatic heterocycles. The molecule has 0 radical (unpaired) electrons. The maximum absolute atomic E-state index is 5.73. The minimum absolute atomic E-state index is 0.295. The first-order valence-electron chi connectivity index (χ1n) is 8.30. The smallest absolute Gasteiger partial charge is 0.165 e. The van der Waals surface area contributed by atoms with Gasteiger partial charge < -0.3 is 14.2 Å². The van der Waals surface area contributed by atoms with Crippen molar-refractivity contribution in [1.29, 1.82) is 0 Å².